The maximum Gasteiger partial charge on any atom is 0.138 e. The number of hydrogen-bond donors (Lipinski definition) is 1. The summed E-state index contributed by atoms with van der Waals surface area (Å²) in [4.78, 5) is 5.34. The Morgan fingerprint density at radius 3 is 2.83 bits per heavy atom. The van der Waals surface area contributed by atoms with Crippen molar-refractivity contribution in [3.63, 3.8) is 0 Å². The Morgan fingerprint density at radius 1 is 1.33 bits per heavy atom. The van der Waals surface area contributed by atoms with E-state index in [0.717, 1.165) is 12.4 Å². The van der Waals surface area contributed by atoms with Crippen molar-refractivity contribution in [3.05, 3.63) is 42.5 Å². The van der Waals surface area contributed by atoms with Crippen LogP contribution in [0.1, 0.15) is 12.7 Å². The van der Waals surface area contributed by atoms with Crippen molar-refractivity contribution in [1.29, 1.82) is 0 Å². The second-order valence-corrected chi connectivity index (χ2v) is 5.07. The van der Waals surface area contributed by atoms with Gasteiger partial charge in [-0.25, -0.2) is 4.98 Å². The van der Waals surface area contributed by atoms with Gasteiger partial charge in [-0.2, -0.15) is 5.10 Å². The highest BCUT2D eigenvalue weighted by molar-refractivity contribution is 7.99. The summed E-state index contributed by atoms with van der Waals surface area (Å²) in [5, 5.41) is 14.1. The first-order valence-corrected chi connectivity index (χ1v) is 7.00. The zero-order valence-electron chi connectivity index (χ0n) is 10.4. The zero-order chi connectivity index (χ0) is 12.8. The van der Waals surface area contributed by atoms with Crippen LogP contribution >= 0.6 is 11.8 Å². The highest BCUT2D eigenvalue weighted by Gasteiger charge is 2.11. The molecule has 1 atom stereocenters. The summed E-state index contributed by atoms with van der Waals surface area (Å²) in [5.74, 6) is 1.51. The van der Waals surface area contributed by atoms with Gasteiger partial charge < -0.3 is 5.11 Å². The number of hydrogen-bond acceptors (Lipinski definition) is 4. The summed E-state index contributed by atoms with van der Waals surface area (Å²) in [5.41, 5.74) is 0. The van der Waals surface area contributed by atoms with Gasteiger partial charge >= 0.3 is 0 Å². The first-order valence-electron chi connectivity index (χ1n) is 6.02. The fourth-order valence-corrected chi connectivity index (χ4v) is 2.54. The van der Waals surface area contributed by atoms with Gasteiger partial charge in [-0.1, -0.05) is 18.2 Å². The van der Waals surface area contributed by atoms with E-state index in [1.54, 1.807) is 11.8 Å². The summed E-state index contributed by atoms with van der Waals surface area (Å²) in [6.45, 7) is 2.80. The lowest BCUT2D eigenvalue weighted by Crippen LogP contribution is -2.17. The van der Waals surface area contributed by atoms with E-state index in [1.165, 1.54) is 11.2 Å². The molecule has 2 aromatic rings. The van der Waals surface area contributed by atoms with Gasteiger partial charge in [0.05, 0.1) is 6.10 Å². The molecule has 1 unspecified atom stereocenters. The van der Waals surface area contributed by atoms with Crippen molar-refractivity contribution in [3.8, 4) is 0 Å². The Bertz CT molecular complexity index is 472. The molecule has 4 nitrogen and oxygen atoms in total. The van der Waals surface area contributed by atoms with Crippen molar-refractivity contribution in [1.82, 2.24) is 14.8 Å². The number of aliphatic hydroxyl groups excluding tert-OH is 1. The first kappa shape index (κ1) is 13.1. The number of aliphatic hydroxyl groups is 1. The van der Waals surface area contributed by atoms with Gasteiger partial charge in [0.2, 0.25) is 0 Å². The molecule has 1 aromatic carbocycles. The minimum Gasteiger partial charge on any atom is -0.392 e. The van der Waals surface area contributed by atoms with Crippen LogP contribution in [0, 0.1) is 0 Å². The molecule has 0 aliphatic heterocycles. The highest BCUT2D eigenvalue weighted by Crippen LogP contribution is 2.18. The van der Waals surface area contributed by atoms with Crippen LogP contribution in [-0.4, -0.2) is 31.7 Å². The Kier molecular flexibility index (Phi) is 4.78. The van der Waals surface area contributed by atoms with E-state index in [-0.39, 0.29) is 0 Å². The van der Waals surface area contributed by atoms with Crippen LogP contribution in [0.15, 0.2) is 41.6 Å². The average molecular weight is 263 g/mol. The second kappa shape index (κ2) is 6.56. The van der Waals surface area contributed by atoms with Crippen LogP contribution in [0.4, 0.5) is 0 Å². The van der Waals surface area contributed by atoms with Gasteiger partial charge in [-0.3, -0.25) is 4.68 Å². The molecule has 0 aliphatic carbocycles. The maximum absolute atomic E-state index is 10.0. The Hall–Kier alpha value is -1.33. The van der Waals surface area contributed by atoms with Crippen LogP contribution in [-0.2, 0) is 13.0 Å². The molecule has 0 fully saturated rings. The third-order valence-corrected chi connectivity index (χ3v) is 3.76. The van der Waals surface area contributed by atoms with Gasteiger partial charge in [0.25, 0.3) is 0 Å². The molecular weight excluding hydrogens is 246 g/mol. The lowest BCUT2D eigenvalue weighted by atomic mass is 10.3. The van der Waals surface area contributed by atoms with E-state index in [1.807, 2.05) is 41.9 Å². The number of aromatic nitrogens is 3. The monoisotopic (exact) mass is 263 g/mol. The summed E-state index contributed by atoms with van der Waals surface area (Å²) < 4.78 is 1.82. The van der Waals surface area contributed by atoms with Crippen molar-refractivity contribution >= 4 is 11.8 Å². The standard InChI is InChI=1S/C13H17N3OS/c1-2-16-13(14-10-15-16)8-11(17)9-18-12-6-4-3-5-7-12/h3-7,10-11,17H,2,8-9H2,1H3. The minimum absolute atomic E-state index is 0.398. The van der Waals surface area contributed by atoms with Crippen LogP contribution in [0.25, 0.3) is 0 Å². The first-order chi connectivity index (χ1) is 8.79. The molecule has 1 N–H and O–H groups in total. The largest absolute Gasteiger partial charge is 0.392 e. The second-order valence-electron chi connectivity index (χ2n) is 3.97. The third-order valence-electron chi connectivity index (χ3n) is 2.60. The van der Waals surface area contributed by atoms with Crippen LogP contribution < -0.4 is 0 Å². The fourth-order valence-electron chi connectivity index (χ4n) is 1.69. The average Bonchev–Trinajstić information content (AvgIpc) is 2.85. The molecule has 96 valence electrons. The Labute approximate surface area is 111 Å². The fraction of sp³-hybridized carbons (Fsp3) is 0.385. The van der Waals surface area contributed by atoms with Gasteiger partial charge in [-0.05, 0) is 19.1 Å². The van der Waals surface area contributed by atoms with E-state index in [2.05, 4.69) is 10.1 Å². The molecule has 0 spiro atoms. The Balaban J connectivity index is 1.84. The van der Waals surface area contributed by atoms with E-state index >= 15 is 0 Å². The van der Waals surface area contributed by atoms with E-state index in [9.17, 15) is 5.11 Å². The summed E-state index contributed by atoms with van der Waals surface area (Å²) in [6, 6.07) is 10.1. The molecule has 18 heavy (non-hydrogen) atoms. The molecule has 0 amide bonds. The lowest BCUT2D eigenvalue weighted by molar-refractivity contribution is 0.195. The molecule has 0 saturated heterocycles. The highest BCUT2D eigenvalue weighted by atomic mass is 32.2. The molecule has 0 bridgehead atoms. The van der Waals surface area contributed by atoms with Crippen molar-refractivity contribution in [2.24, 2.45) is 0 Å². The third kappa shape index (κ3) is 3.58. The molecule has 0 aliphatic rings. The normalized spacial score (nSPS) is 12.6. The van der Waals surface area contributed by atoms with Gasteiger partial charge in [-0.15, -0.1) is 11.8 Å². The smallest absolute Gasteiger partial charge is 0.138 e. The van der Waals surface area contributed by atoms with E-state index < -0.39 is 6.10 Å². The molecule has 2 rings (SSSR count). The number of thioether (sulfide) groups is 1. The number of nitrogens with zero attached hydrogens (tertiary/aromatic N) is 3. The topological polar surface area (TPSA) is 50.9 Å². The van der Waals surface area contributed by atoms with Crippen LogP contribution in [0.3, 0.4) is 0 Å². The Morgan fingerprint density at radius 2 is 2.11 bits per heavy atom. The van der Waals surface area contributed by atoms with Crippen molar-refractivity contribution in [2.45, 2.75) is 30.9 Å². The van der Waals surface area contributed by atoms with Crippen molar-refractivity contribution in [2.75, 3.05) is 5.75 Å². The van der Waals surface area contributed by atoms with E-state index in [0.29, 0.717) is 12.2 Å². The van der Waals surface area contributed by atoms with Gasteiger partial charge in [0.15, 0.2) is 0 Å². The van der Waals surface area contributed by atoms with Crippen LogP contribution in [0.5, 0.6) is 0 Å². The lowest BCUT2D eigenvalue weighted by Gasteiger charge is -2.10. The predicted molar refractivity (Wildman–Crippen MR) is 72.6 cm³/mol. The molecule has 0 radical (unpaired) electrons. The molecule has 1 aromatic heterocycles. The van der Waals surface area contributed by atoms with Crippen LogP contribution in [0.2, 0.25) is 0 Å². The van der Waals surface area contributed by atoms with Gasteiger partial charge in [0, 0.05) is 23.6 Å². The zero-order valence-corrected chi connectivity index (χ0v) is 11.2. The maximum atomic E-state index is 10.0. The summed E-state index contributed by atoms with van der Waals surface area (Å²) >= 11 is 1.66. The molecule has 0 saturated carbocycles. The SMILES string of the molecule is CCn1ncnc1CC(O)CSc1ccccc1. The number of aryl methyl sites for hydroxylation is 1. The summed E-state index contributed by atoms with van der Waals surface area (Å²) in [6.07, 6.45) is 1.69. The van der Waals surface area contributed by atoms with E-state index in [4.69, 9.17) is 0 Å². The number of benzene rings is 1. The minimum atomic E-state index is -0.398. The quantitative estimate of drug-likeness (QED) is 0.810. The van der Waals surface area contributed by atoms with Crippen molar-refractivity contribution < 1.29 is 5.11 Å². The van der Waals surface area contributed by atoms with Gasteiger partial charge in [0.1, 0.15) is 12.2 Å². The predicted octanol–water partition coefficient (Wildman–Crippen LogP) is 1.99. The number of rotatable bonds is 6. The molecular formula is C13H17N3OS. The molecule has 1 heterocycles. The summed E-state index contributed by atoms with van der Waals surface area (Å²) in [7, 11) is 0. The molecule has 5 heteroatoms.